The highest BCUT2D eigenvalue weighted by molar-refractivity contribution is 5.43. The lowest BCUT2D eigenvalue weighted by atomic mass is 10.00. The van der Waals surface area contributed by atoms with Crippen LogP contribution in [-0.4, -0.2) is 44.2 Å². The summed E-state index contributed by atoms with van der Waals surface area (Å²) in [6.45, 7) is 12.9. The number of ether oxygens (including phenoxy) is 1. The van der Waals surface area contributed by atoms with Crippen molar-refractivity contribution in [1.82, 2.24) is 10.2 Å². The van der Waals surface area contributed by atoms with Gasteiger partial charge in [0.15, 0.2) is 0 Å². The minimum atomic E-state index is 0.737. The average Bonchev–Trinajstić information content (AvgIpc) is 2.44. The second-order valence-electron chi connectivity index (χ2n) is 5.25. The van der Waals surface area contributed by atoms with Crippen molar-refractivity contribution >= 4 is 0 Å². The molecule has 1 saturated heterocycles. The normalized spacial score (nSPS) is 16.6. The Bertz CT molecular complexity index is 411. The van der Waals surface area contributed by atoms with E-state index in [1.807, 2.05) is 6.92 Å². The smallest absolute Gasteiger partial charge is 0.122 e. The van der Waals surface area contributed by atoms with Crippen molar-refractivity contribution in [1.29, 1.82) is 0 Å². The molecule has 1 N–H and O–H groups in total. The van der Waals surface area contributed by atoms with E-state index in [1.165, 1.54) is 29.8 Å². The van der Waals surface area contributed by atoms with Crippen molar-refractivity contribution in [2.75, 3.05) is 39.3 Å². The quantitative estimate of drug-likeness (QED) is 0.880. The number of hydrogen-bond acceptors (Lipinski definition) is 3. The lowest BCUT2D eigenvalue weighted by Gasteiger charge is -2.27. The van der Waals surface area contributed by atoms with Gasteiger partial charge in [0.25, 0.3) is 0 Å². The summed E-state index contributed by atoms with van der Waals surface area (Å²) in [7, 11) is 0. The molecule has 1 aromatic rings. The van der Waals surface area contributed by atoms with Crippen molar-refractivity contribution < 1.29 is 4.74 Å². The van der Waals surface area contributed by atoms with E-state index in [-0.39, 0.29) is 0 Å². The molecule has 0 radical (unpaired) electrons. The first-order valence-electron chi connectivity index (χ1n) is 7.37. The molecule has 106 valence electrons. The molecular weight excluding hydrogens is 236 g/mol. The Morgan fingerprint density at radius 1 is 1.16 bits per heavy atom. The number of rotatable bonds is 5. The Balaban J connectivity index is 1.98. The highest BCUT2D eigenvalue weighted by Crippen LogP contribution is 2.24. The molecule has 1 fully saturated rings. The maximum Gasteiger partial charge on any atom is 0.122 e. The zero-order chi connectivity index (χ0) is 13.7. The third-order valence-corrected chi connectivity index (χ3v) is 4.06. The van der Waals surface area contributed by atoms with Gasteiger partial charge in [-0.05, 0) is 49.9 Å². The Hall–Kier alpha value is -1.06. The van der Waals surface area contributed by atoms with Crippen LogP contribution >= 0.6 is 0 Å². The molecule has 0 spiro atoms. The molecule has 0 unspecified atom stereocenters. The van der Waals surface area contributed by atoms with Gasteiger partial charge in [-0.25, -0.2) is 0 Å². The van der Waals surface area contributed by atoms with Gasteiger partial charge in [0.2, 0.25) is 0 Å². The zero-order valence-corrected chi connectivity index (χ0v) is 12.5. The van der Waals surface area contributed by atoms with E-state index in [9.17, 15) is 0 Å². The molecule has 0 amide bonds. The largest absolute Gasteiger partial charge is 0.494 e. The molecule has 1 heterocycles. The number of hydrogen-bond donors (Lipinski definition) is 1. The molecular formula is C16H26N2O. The second-order valence-corrected chi connectivity index (χ2v) is 5.25. The van der Waals surface area contributed by atoms with Crippen LogP contribution in [0.2, 0.25) is 0 Å². The van der Waals surface area contributed by atoms with E-state index in [4.69, 9.17) is 4.74 Å². The maximum absolute atomic E-state index is 5.65. The topological polar surface area (TPSA) is 24.5 Å². The second kappa shape index (κ2) is 6.92. The maximum atomic E-state index is 5.65. The molecule has 1 aliphatic rings. The van der Waals surface area contributed by atoms with Crippen LogP contribution in [0.3, 0.4) is 0 Å². The Morgan fingerprint density at radius 2 is 1.89 bits per heavy atom. The lowest BCUT2D eigenvalue weighted by Crippen LogP contribution is -2.44. The van der Waals surface area contributed by atoms with Gasteiger partial charge < -0.3 is 15.0 Å². The Labute approximate surface area is 116 Å². The van der Waals surface area contributed by atoms with Crippen LogP contribution in [-0.2, 0) is 6.42 Å². The summed E-state index contributed by atoms with van der Waals surface area (Å²) in [6, 6.07) is 4.36. The van der Waals surface area contributed by atoms with Gasteiger partial charge in [-0.3, -0.25) is 0 Å². The van der Waals surface area contributed by atoms with Crippen molar-refractivity contribution in [2.24, 2.45) is 0 Å². The fourth-order valence-corrected chi connectivity index (χ4v) is 2.65. The number of benzene rings is 1. The van der Waals surface area contributed by atoms with Gasteiger partial charge in [0.1, 0.15) is 5.75 Å². The summed E-state index contributed by atoms with van der Waals surface area (Å²) in [4.78, 5) is 2.54. The molecule has 3 heteroatoms. The molecule has 0 atom stereocenters. The first-order valence-corrected chi connectivity index (χ1v) is 7.37. The number of piperazine rings is 1. The van der Waals surface area contributed by atoms with Gasteiger partial charge in [-0.2, -0.15) is 0 Å². The van der Waals surface area contributed by atoms with Crippen molar-refractivity contribution in [3.05, 3.63) is 28.8 Å². The highest BCUT2D eigenvalue weighted by Gasteiger charge is 2.11. The number of nitrogens with one attached hydrogen (secondary N) is 1. The first kappa shape index (κ1) is 14.4. The highest BCUT2D eigenvalue weighted by atomic mass is 16.5. The summed E-state index contributed by atoms with van der Waals surface area (Å²) < 4.78 is 5.65. The van der Waals surface area contributed by atoms with Crippen LogP contribution in [0, 0.1) is 13.8 Å². The summed E-state index contributed by atoms with van der Waals surface area (Å²) in [5.74, 6) is 1.03. The minimum absolute atomic E-state index is 0.737. The Kier molecular flexibility index (Phi) is 5.23. The fraction of sp³-hybridized carbons (Fsp3) is 0.625. The monoisotopic (exact) mass is 262 g/mol. The molecule has 0 saturated carbocycles. The molecule has 0 aliphatic carbocycles. The van der Waals surface area contributed by atoms with Crippen LogP contribution in [0.25, 0.3) is 0 Å². The molecule has 2 rings (SSSR count). The van der Waals surface area contributed by atoms with Crippen molar-refractivity contribution in [3.8, 4) is 5.75 Å². The third kappa shape index (κ3) is 3.71. The van der Waals surface area contributed by atoms with E-state index in [2.05, 4.69) is 36.2 Å². The summed E-state index contributed by atoms with van der Waals surface area (Å²) in [6.07, 6.45) is 1.14. The molecule has 0 bridgehead atoms. The molecule has 19 heavy (non-hydrogen) atoms. The zero-order valence-electron chi connectivity index (χ0n) is 12.5. The van der Waals surface area contributed by atoms with Crippen molar-refractivity contribution in [2.45, 2.75) is 27.2 Å². The van der Waals surface area contributed by atoms with E-state index in [1.54, 1.807) is 0 Å². The van der Waals surface area contributed by atoms with Gasteiger partial charge in [-0.15, -0.1) is 0 Å². The molecule has 0 aromatic heterocycles. The van der Waals surface area contributed by atoms with Crippen LogP contribution in [0.4, 0.5) is 0 Å². The Morgan fingerprint density at radius 3 is 2.58 bits per heavy atom. The van der Waals surface area contributed by atoms with Gasteiger partial charge in [0.05, 0.1) is 6.61 Å². The average molecular weight is 262 g/mol. The van der Waals surface area contributed by atoms with E-state index >= 15 is 0 Å². The van der Waals surface area contributed by atoms with E-state index < -0.39 is 0 Å². The van der Waals surface area contributed by atoms with Crippen LogP contribution < -0.4 is 10.1 Å². The SMILES string of the molecule is CCOc1ccc(CCN2CCNCC2)c(C)c1C. The third-order valence-electron chi connectivity index (χ3n) is 4.06. The van der Waals surface area contributed by atoms with Crippen LogP contribution in [0.5, 0.6) is 5.75 Å². The summed E-state index contributed by atoms with van der Waals surface area (Å²) >= 11 is 0. The van der Waals surface area contributed by atoms with E-state index in [0.717, 1.165) is 38.4 Å². The standard InChI is InChI=1S/C16H26N2O/c1-4-19-16-6-5-15(13(2)14(16)3)7-10-18-11-8-17-9-12-18/h5-6,17H,4,7-12H2,1-3H3. The summed E-state index contributed by atoms with van der Waals surface area (Å²) in [5, 5.41) is 3.40. The predicted octanol–water partition coefficient (Wildman–Crippen LogP) is 2.15. The van der Waals surface area contributed by atoms with E-state index in [0.29, 0.717) is 0 Å². The number of nitrogens with zero attached hydrogens (tertiary/aromatic N) is 1. The van der Waals surface area contributed by atoms with Gasteiger partial charge >= 0.3 is 0 Å². The van der Waals surface area contributed by atoms with Crippen molar-refractivity contribution in [3.63, 3.8) is 0 Å². The predicted molar refractivity (Wildman–Crippen MR) is 80.1 cm³/mol. The van der Waals surface area contributed by atoms with Gasteiger partial charge in [-0.1, -0.05) is 6.07 Å². The minimum Gasteiger partial charge on any atom is -0.494 e. The first-order chi connectivity index (χ1) is 9.22. The van der Waals surface area contributed by atoms with Gasteiger partial charge in [0, 0.05) is 32.7 Å². The lowest BCUT2D eigenvalue weighted by molar-refractivity contribution is 0.243. The molecule has 1 aromatic carbocycles. The molecule has 1 aliphatic heterocycles. The summed E-state index contributed by atoms with van der Waals surface area (Å²) in [5.41, 5.74) is 4.14. The van der Waals surface area contributed by atoms with Crippen LogP contribution in [0.1, 0.15) is 23.6 Å². The molecule has 3 nitrogen and oxygen atoms in total. The van der Waals surface area contributed by atoms with Crippen LogP contribution in [0.15, 0.2) is 12.1 Å². The fourth-order valence-electron chi connectivity index (χ4n) is 2.65.